The van der Waals surface area contributed by atoms with Crippen molar-refractivity contribution in [2.75, 3.05) is 25.5 Å². The Balaban J connectivity index is 1.74. The highest BCUT2D eigenvalue weighted by Gasteiger charge is 2.36. The van der Waals surface area contributed by atoms with E-state index in [-0.39, 0.29) is 24.1 Å². The molecular formula is C23H29ClN4O4. The van der Waals surface area contributed by atoms with Crippen LogP contribution in [0.1, 0.15) is 38.8 Å². The van der Waals surface area contributed by atoms with Crippen LogP contribution in [0.4, 0.5) is 15.3 Å². The van der Waals surface area contributed by atoms with Gasteiger partial charge in [0, 0.05) is 41.5 Å². The molecular weight excluding hydrogens is 432 g/mol. The van der Waals surface area contributed by atoms with Gasteiger partial charge in [-0.15, -0.1) is 0 Å². The zero-order valence-electron chi connectivity index (χ0n) is 18.7. The number of piperidine rings is 1. The Hall–Kier alpha value is -3.00. The van der Waals surface area contributed by atoms with E-state index in [9.17, 15) is 9.59 Å². The van der Waals surface area contributed by atoms with Crippen LogP contribution in [0.25, 0.3) is 0 Å². The fraction of sp³-hybridized carbons (Fsp3) is 0.435. The predicted octanol–water partition coefficient (Wildman–Crippen LogP) is 4.66. The zero-order valence-corrected chi connectivity index (χ0v) is 19.5. The van der Waals surface area contributed by atoms with Crippen LogP contribution in [0, 0.1) is 0 Å². The fourth-order valence-corrected chi connectivity index (χ4v) is 3.64. The number of anilines is 1. The molecule has 1 aromatic heterocycles. The van der Waals surface area contributed by atoms with E-state index in [1.807, 2.05) is 32.9 Å². The van der Waals surface area contributed by atoms with E-state index in [2.05, 4.69) is 15.6 Å². The van der Waals surface area contributed by atoms with E-state index in [1.165, 1.54) is 0 Å². The minimum absolute atomic E-state index is 0.210. The van der Waals surface area contributed by atoms with Crippen molar-refractivity contribution >= 4 is 29.4 Å². The van der Waals surface area contributed by atoms with Crippen molar-refractivity contribution in [2.45, 2.75) is 44.8 Å². The molecule has 9 heteroatoms. The highest BCUT2D eigenvalue weighted by molar-refractivity contribution is 6.30. The lowest BCUT2D eigenvalue weighted by Crippen LogP contribution is -2.53. The molecule has 3 rings (SSSR count). The fourth-order valence-electron chi connectivity index (χ4n) is 3.52. The highest BCUT2D eigenvalue weighted by atomic mass is 35.5. The third-order valence-corrected chi connectivity index (χ3v) is 5.31. The van der Waals surface area contributed by atoms with E-state index in [0.717, 1.165) is 5.69 Å². The minimum Gasteiger partial charge on any atom is -0.495 e. The van der Waals surface area contributed by atoms with Gasteiger partial charge in [-0.3, -0.25) is 4.98 Å². The first-order valence-corrected chi connectivity index (χ1v) is 10.8. The van der Waals surface area contributed by atoms with Crippen molar-refractivity contribution in [2.24, 2.45) is 0 Å². The summed E-state index contributed by atoms with van der Waals surface area (Å²) in [7, 11) is 1.58. The van der Waals surface area contributed by atoms with Gasteiger partial charge in [0.2, 0.25) is 0 Å². The molecule has 1 aromatic carbocycles. The largest absolute Gasteiger partial charge is 0.495 e. The van der Waals surface area contributed by atoms with Crippen LogP contribution >= 0.6 is 11.6 Å². The van der Waals surface area contributed by atoms with Crippen LogP contribution < -0.4 is 15.4 Å². The van der Waals surface area contributed by atoms with Gasteiger partial charge in [-0.05, 0) is 63.6 Å². The lowest BCUT2D eigenvalue weighted by molar-refractivity contribution is 0.0178. The van der Waals surface area contributed by atoms with Gasteiger partial charge >= 0.3 is 12.1 Å². The normalized spacial score (nSPS) is 18.6. The van der Waals surface area contributed by atoms with Gasteiger partial charge in [-0.25, -0.2) is 9.59 Å². The number of methoxy groups -OCH3 is 1. The average Bonchev–Trinajstić information content (AvgIpc) is 2.74. The SMILES string of the molecule is COc1ccc([C@@H]2CN(C(=O)OC(C)(C)C)CC[C@H]2NC(=O)Nc2ccc(Cl)cc2)nc1. The number of nitrogens with one attached hydrogen (secondary N) is 2. The topological polar surface area (TPSA) is 92.8 Å². The Morgan fingerprint density at radius 3 is 2.47 bits per heavy atom. The molecule has 172 valence electrons. The molecule has 0 aliphatic carbocycles. The molecule has 1 fully saturated rings. The number of carbonyl (C=O) groups is 2. The summed E-state index contributed by atoms with van der Waals surface area (Å²) in [4.78, 5) is 31.5. The van der Waals surface area contributed by atoms with Gasteiger partial charge in [0.05, 0.1) is 13.3 Å². The van der Waals surface area contributed by atoms with Gasteiger partial charge in [0.25, 0.3) is 0 Å². The van der Waals surface area contributed by atoms with Crippen LogP contribution in [0.5, 0.6) is 5.75 Å². The van der Waals surface area contributed by atoms with Crippen LogP contribution in [0.15, 0.2) is 42.6 Å². The molecule has 0 bridgehead atoms. The zero-order chi connectivity index (χ0) is 23.3. The number of pyridine rings is 1. The Morgan fingerprint density at radius 1 is 1.16 bits per heavy atom. The van der Waals surface area contributed by atoms with Crippen LogP contribution in [-0.4, -0.2) is 53.9 Å². The molecule has 32 heavy (non-hydrogen) atoms. The minimum atomic E-state index is -0.585. The van der Waals surface area contributed by atoms with Gasteiger partial charge in [0.1, 0.15) is 11.4 Å². The molecule has 2 heterocycles. The summed E-state index contributed by atoms with van der Waals surface area (Å²) in [6.07, 6.45) is 1.82. The Kier molecular flexibility index (Phi) is 7.45. The predicted molar refractivity (Wildman–Crippen MR) is 123 cm³/mol. The molecule has 1 aliphatic heterocycles. The van der Waals surface area contributed by atoms with E-state index in [0.29, 0.717) is 36.0 Å². The number of aromatic nitrogens is 1. The molecule has 2 N–H and O–H groups in total. The first kappa shape index (κ1) is 23.7. The lowest BCUT2D eigenvalue weighted by Gasteiger charge is -2.39. The van der Waals surface area contributed by atoms with Gasteiger partial charge in [-0.1, -0.05) is 11.6 Å². The maximum Gasteiger partial charge on any atom is 0.410 e. The Morgan fingerprint density at radius 2 is 1.88 bits per heavy atom. The monoisotopic (exact) mass is 460 g/mol. The number of amides is 3. The molecule has 0 radical (unpaired) electrons. The second-order valence-corrected chi connectivity index (χ2v) is 9.09. The van der Waals surface area contributed by atoms with E-state index in [4.69, 9.17) is 21.1 Å². The van der Waals surface area contributed by atoms with Gasteiger partial charge in [0.15, 0.2) is 0 Å². The molecule has 1 saturated heterocycles. The van der Waals surface area contributed by atoms with E-state index in [1.54, 1.807) is 42.5 Å². The van der Waals surface area contributed by atoms with Crippen molar-refractivity contribution in [3.05, 3.63) is 53.3 Å². The Bertz CT molecular complexity index is 929. The van der Waals surface area contributed by atoms with Gasteiger partial charge in [-0.2, -0.15) is 0 Å². The number of rotatable bonds is 4. The lowest BCUT2D eigenvalue weighted by atomic mass is 9.89. The number of ether oxygens (including phenoxy) is 2. The average molecular weight is 461 g/mol. The Labute approximate surface area is 193 Å². The summed E-state index contributed by atoms with van der Waals surface area (Å²) in [5, 5.41) is 6.44. The second-order valence-electron chi connectivity index (χ2n) is 8.66. The van der Waals surface area contributed by atoms with Gasteiger partial charge < -0.3 is 25.0 Å². The number of hydrogen-bond donors (Lipinski definition) is 2. The first-order chi connectivity index (χ1) is 15.1. The summed E-state index contributed by atoms with van der Waals surface area (Å²) in [5.41, 5.74) is 0.812. The molecule has 0 saturated carbocycles. The third kappa shape index (κ3) is 6.50. The standard InChI is InChI=1S/C23H29ClN4O4/c1-23(2,3)32-22(30)28-12-11-20(18(14-28)19-10-9-17(31-4)13-25-19)27-21(29)26-16-7-5-15(24)6-8-16/h5-10,13,18,20H,11-12,14H2,1-4H3,(H2,26,27,29)/t18-,20+/m0/s1. The quantitative estimate of drug-likeness (QED) is 0.692. The summed E-state index contributed by atoms with van der Waals surface area (Å²) >= 11 is 5.90. The number of nitrogens with zero attached hydrogens (tertiary/aromatic N) is 2. The molecule has 2 atom stereocenters. The molecule has 8 nitrogen and oxygen atoms in total. The van der Waals surface area contributed by atoms with E-state index < -0.39 is 5.60 Å². The maximum absolute atomic E-state index is 12.6. The van der Waals surface area contributed by atoms with Crippen molar-refractivity contribution in [1.29, 1.82) is 0 Å². The van der Waals surface area contributed by atoms with Crippen molar-refractivity contribution < 1.29 is 19.1 Å². The third-order valence-electron chi connectivity index (χ3n) is 5.06. The summed E-state index contributed by atoms with van der Waals surface area (Å²) in [5.74, 6) is 0.427. The first-order valence-electron chi connectivity index (χ1n) is 10.5. The molecule has 2 aromatic rings. The number of halogens is 1. The molecule has 3 amide bonds. The van der Waals surface area contributed by atoms with Crippen molar-refractivity contribution in [3.63, 3.8) is 0 Å². The summed E-state index contributed by atoms with van der Waals surface area (Å²) in [6.45, 7) is 6.35. The van der Waals surface area contributed by atoms with Crippen molar-refractivity contribution in [3.8, 4) is 5.75 Å². The molecule has 0 unspecified atom stereocenters. The molecule has 1 aliphatic rings. The van der Waals surface area contributed by atoms with Crippen LogP contribution in [-0.2, 0) is 4.74 Å². The van der Waals surface area contributed by atoms with Crippen molar-refractivity contribution in [1.82, 2.24) is 15.2 Å². The molecule has 0 spiro atoms. The summed E-state index contributed by atoms with van der Waals surface area (Å²) < 4.78 is 10.7. The number of carbonyl (C=O) groups excluding carboxylic acids is 2. The number of urea groups is 1. The number of hydrogen-bond acceptors (Lipinski definition) is 5. The van der Waals surface area contributed by atoms with Crippen LogP contribution in [0.2, 0.25) is 5.02 Å². The van der Waals surface area contributed by atoms with Crippen LogP contribution in [0.3, 0.4) is 0 Å². The summed E-state index contributed by atoms with van der Waals surface area (Å²) in [6, 6.07) is 10.0. The highest BCUT2D eigenvalue weighted by Crippen LogP contribution is 2.28. The van der Waals surface area contributed by atoms with E-state index >= 15 is 0 Å². The number of benzene rings is 1. The second kappa shape index (κ2) is 10.1. The number of likely N-dealkylation sites (tertiary alicyclic amines) is 1. The smallest absolute Gasteiger partial charge is 0.410 e. The maximum atomic E-state index is 12.6.